The molecule has 0 radical (unpaired) electrons. The van der Waals surface area contributed by atoms with Gasteiger partial charge in [-0.1, -0.05) is 18.2 Å². The number of alkyl halides is 1. The highest BCUT2D eigenvalue weighted by molar-refractivity contribution is 8.00. The van der Waals surface area contributed by atoms with E-state index in [-0.39, 0.29) is 11.1 Å². The molecule has 1 heterocycles. The number of carbonyl (C=O) groups excluding carboxylic acids is 1. The summed E-state index contributed by atoms with van der Waals surface area (Å²) in [5, 5.41) is 7.39. The third kappa shape index (κ3) is 2.86. The maximum atomic E-state index is 13.3. The first-order valence-electron chi connectivity index (χ1n) is 4.98. The first-order valence-corrected chi connectivity index (χ1v) is 5.86. The number of rotatable bonds is 4. The van der Waals surface area contributed by atoms with Crippen LogP contribution >= 0.6 is 11.8 Å². The molecule has 1 atom stereocenters. The van der Waals surface area contributed by atoms with Crippen LogP contribution < -0.4 is 0 Å². The molecule has 0 aliphatic carbocycles. The van der Waals surface area contributed by atoms with Crippen molar-refractivity contribution >= 4 is 17.7 Å². The lowest BCUT2D eigenvalue weighted by atomic mass is 10.2. The second-order valence-corrected chi connectivity index (χ2v) is 4.20. The van der Waals surface area contributed by atoms with Crippen molar-refractivity contribution in [3.8, 4) is 11.5 Å². The highest BCUT2D eigenvalue weighted by Crippen LogP contribution is 2.27. The Morgan fingerprint density at radius 3 is 2.78 bits per heavy atom. The van der Waals surface area contributed by atoms with E-state index in [0.717, 1.165) is 12.7 Å². The summed E-state index contributed by atoms with van der Waals surface area (Å²) in [7, 11) is 1.11. The van der Waals surface area contributed by atoms with Gasteiger partial charge in [0.2, 0.25) is 5.89 Å². The molecule has 0 N–H and O–H groups in total. The van der Waals surface area contributed by atoms with E-state index in [1.165, 1.54) is 0 Å². The predicted molar refractivity (Wildman–Crippen MR) is 62.5 cm³/mol. The molecular weight excluding hydrogens is 259 g/mol. The SMILES string of the molecule is COC(=O)C(F)Sc1nnc(-c2ccccc2)o1. The Labute approximate surface area is 106 Å². The molecule has 0 saturated carbocycles. The summed E-state index contributed by atoms with van der Waals surface area (Å²) >= 11 is 0.510. The molecule has 1 aromatic heterocycles. The van der Waals surface area contributed by atoms with Crippen LogP contribution in [0.5, 0.6) is 0 Å². The summed E-state index contributed by atoms with van der Waals surface area (Å²) in [5.74, 6) is -0.713. The molecule has 1 unspecified atom stereocenters. The van der Waals surface area contributed by atoms with Gasteiger partial charge in [0.05, 0.1) is 7.11 Å². The molecule has 0 bridgehead atoms. The molecule has 1 aromatic carbocycles. The van der Waals surface area contributed by atoms with Gasteiger partial charge in [0.1, 0.15) is 0 Å². The Kier molecular flexibility index (Phi) is 3.93. The fraction of sp³-hybridized carbons (Fsp3) is 0.182. The summed E-state index contributed by atoms with van der Waals surface area (Å²) in [4.78, 5) is 10.9. The zero-order valence-corrected chi connectivity index (χ0v) is 10.2. The molecular formula is C11H9FN2O3S. The molecule has 94 valence electrons. The van der Waals surface area contributed by atoms with Crippen LogP contribution in [0.1, 0.15) is 0 Å². The molecule has 0 saturated heterocycles. The third-order valence-corrected chi connectivity index (χ3v) is 2.78. The van der Waals surface area contributed by atoms with Gasteiger partial charge in [-0.2, -0.15) is 0 Å². The van der Waals surface area contributed by atoms with Gasteiger partial charge in [-0.15, -0.1) is 10.2 Å². The van der Waals surface area contributed by atoms with Gasteiger partial charge in [-0.05, 0) is 23.9 Å². The average Bonchev–Trinajstić information content (AvgIpc) is 2.87. The number of hydrogen-bond acceptors (Lipinski definition) is 6. The number of halogens is 1. The molecule has 0 amide bonds. The fourth-order valence-corrected chi connectivity index (χ4v) is 1.77. The van der Waals surface area contributed by atoms with E-state index < -0.39 is 11.5 Å². The van der Waals surface area contributed by atoms with Crippen molar-refractivity contribution < 1.29 is 18.3 Å². The highest BCUT2D eigenvalue weighted by atomic mass is 32.2. The fourth-order valence-electron chi connectivity index (χ4n) is 1.18. The van der Waals surface area contributed by atoms with Gasteiger partial charge in [0.25, 0.3) is 10.7 Å². The molecule has 5 nitrogen and oxygen atoms in total. The first-order chi connectivity index (χ1) is 8.70. The summed E-state index contributed by atoms with van der Waals surface area (Å²) < 4.78 is 22.7. The Morgan fingerprint density at radius 2 is 2.11 bits per heavy atom. The number of aromatic nitrogens is 2. The minimum absolute atomic E-state index is 0.0215. The predicted octanol–water partition coefficient (Wildman–Crippen LogP) is 2.30. The minimum Gasteiger partial charge on any atom is -0.466 e. The topological polar surface area (TPSA) is 65.2 Å². The number of nitrogens with zero attached hydrogens (tertiary/aromatic N) is 2. The van der Waals surface area contributed by atoms with Crippen molar-refractivity contribution in [1.29, 1.82) is 0 Å². The molecule has 0 aliphatic heterocycles. The summed E-state index contributed by atoms with van der Waals surface area (Å²) in [6, 6.07) is 9.06. The largest absolute Gasteiger partial charge is 0.466 e. The maximum Gasteiger partial charge on any atom is 0.351 e. The smallest absolute Gasteiger partial charge is 0.351 e. The van der Waals surface area contributed by atoms with Gasteiger partial charge in [0.15, 0.2) is 0 Å². The summed E-state index contributed by atoms with van der Waals surface area (Å²) in [6.07, 6.45) is 0. The standard InChI is InChI=1S/C11H9FN2O3S/c1-16-10(15)8(12)18-11-14-13-9(17-11)7-5-3-2-4-6-7/h2-6,8H,1H3. The van der Waals surface area contributed by atoms with Crippen molar-refractivity contribution in [2.24, 2.45) is 0 Å². The summed E-state index contributed by atoms with van der Waals surface area (Å²) in [6.45, 7) is 0. The molecule has 18 heavy (non-hydrogen) atoms. The second kappa shape index (κ2) is 5.63. The lowest BCUT2D eigenvalue weighted by molar-refractivity contribution is -0.143. The zero-order valence-electron chi connectivity index (χ0n) is 9.37. The van der Waals surface area contributed by atoms with Crippen molar-refractivity contribution in [1.82, 2.24) is 10.2 Å². The van der Waals surface area contributed by atoms with Crippen LogP contribution in [0.4, 0.5) is 4.39 Å². The van der Waals surface area contributed by atoms with Gasteiger partial charge < -0.3 is 9.15 Å². The average molecular weight is 268 g/mol. The van der Waals surface area contributed by atoms with Crippen molar-refractivity contribution in [2.75, 3.05) is 7.11 Å². The van der Waals surface area contributed by atoms with Crippen molar-refractivity contribution in [2.45, 2.75) is 10.7 Å². The van der Waals surface area contributed by atoms with E-state index >= 15 is 0 Å². The van der Waals surface area contributed by atoms with Crippen LogP contribution in [0.3, 0.4) is 0 Å². The molecule has 7 heteroatoms. The minimum atomic E-state index is -1.88. The lowest BCUT2D eigenvalue weighted by Crippen LogP contribution is -2.13. The van der Waals surface area contributed by atoms with E-state index in [9.17, 15) is 9.18 Å². The molecule has 2 aromatic rings. The van der Waals surface area contributed by atoms with Crippen molar-refractivity contribution in [3.63, 3.8) is 0 Å². The number of thioether (sulfide) groups is 1. The van der Waals surface area contributed by atoms with E-state index in [1.54, 1.807) is 12.1 Å². The second-order valence-electron chi connectivity index (χ2n) is 3.20. The van der Waals surface area contributed by atoms with Crippen LogP contribution in [-0.2, 0) is 9.53 Å². The maximum absolute atomic E-state index is 13.3. The molecule has 0 aliphatic rings. The van der Waals surface area contributed by atoms with Crippen molar-refractivity contribution in [3.05, 3.63) is 30.3 Å². The highest BCUT2D eigenvalue weighted by Gasteiger charge is 2.22. The lowest BCUT2D eigenvalue weighted by Gasteiger charge is -2.00. The molecule has 0 spiro atoms. The normalized spacial score (nSPS) is 12.1. The quantitative estimate of drug-likeness (QED) is 0.626. The van der Waals surface area contributed by atoms with Crippen LogP contribution in [0.15, 0.2) is 40.0 Å². The number of methoxy groups -OCH3 is 1. The van der Waals surface area contributed by atoms with Gasteiger partial charge in [-0.3, -0.25) is 0 Å². The first kappa shape index (κ1) is 12.6. The molecule has 0 fully saturated rings. The Morgan fingerprint density at radius 1 is 1.39 bits per heavy atom. The third-order valence-electron chi connectivity index (χ3n) is 2.02. The van der Waals surface area contributed by atoms with Crippen LogP contribution in [0.2, 0.25) is 0 Å². The Bertz CT molecular complexity index is 532. The number of benzene rings is 1. The number of carbonyl (C=O) groups is 1. The van der Waals surface area contributed by atoms with Gasteiger partial charge >= 0.3 is 5.97 Å². The number of ether oxygens (including phenoxy) is 1. The number of esters is 1. The Hall–Kier alpha value is -1.89. The zero-order chi connectivity index (χ0) is 13.0. The van der Waals surface area contributed by atoms with E-state index in [4.69, 9.17) is 4.42 Å². The Balaban J connectivity index is 2.09. The van der Waals surface area contributed by atoms with E-state index in [1.807, 2.05) is 18.2 Å². The van der Waals surface area contributed by atoms with Crippen LogP contribution in [0.25, 0.3) is 11.5 Å². The van der Waals surface area contributed by atoms with Gasteiger partial charge in [-0.25, -0.2) is 9.18 Å². The number of hydrogen-bond donors (Lipinski definition) is 0. The van der Waals surface area contributed by atoms with E-state index in [2.05, 4.69) is 14.9 Å². The summed E-state index contributed by atoms with van der Waals surface area (Å²) in [5.41, 5.74) is -1.15. The van der Waals surface area contributed by atoms with E-state index in [0.29, 0.717) is 11.8 Å². The molecule has 2 rings (SSSR count). The monoisotopic (exact) mass is 268 g/mol. The van der Waals surface area contributed by atoms with Crippen LogP contribution in [0, 0.1) is 0 Å². The van der Waals surface area contributed by atoms with Crippen LogP contribution in [-0.4, -0.2) is 28.8 Å². The van der Waals surface area contributed by atoms with Gasteiger partial charge in [0, 0.05) is 5.56 Å².